The van der Waals surface area contributed by atoms with E-state index in [1.54, 1.807) is 65.8 Å². The van der Waals surface area contributed by atoms with Crippen LogP contribution in [-0.4, -0.2) is 50.7 Å². The number of nitrogens with one attached hydrogen (secondary N) is 1. The fourth-order valence-corrected chi connectivity index (χ4v) is 4.49. The highest BCUT2D eigenvalue weighted by molar-refractivity contribution is 7.84. The van der Waals surface area contributed by atoms with E-state index in [-0.39, 0.29) is 11.7 Å². The highest BCUT2D eigenvalue weighted by atomic mass is 32.2. The lowest BCUT2D eigenvalue weighted by Crippen LogP contribution is -2.39. The molecule has 7 nitrogen and oxygen atoms in total. The van der Waals surface area contributed by atoms with Crippen molar-refractivity contribution < 1.29 is 18.1 Å². The molecule has 1 amide bonds. The maximum Gasteiger partial charge on any atom is 0.251 e. The Bertz CT molecular complexity index is 1370. The molecule has 1 atom stereocenters. The summed E-state index contributed by atoms with van der Waals surface area (Å²) in [7, 11) is -1.25. The Balaban J connectivity index is 1.51. The van der Waals surface area contributed by atoms with Gasteiger partial charge in [0.2, 0.25) is 5.95 Å². The van der Waals surface area contributed by atoms with Gasteiger partial charge < -0.3 is 10.1 Å². The molecular formula is C24H21FN4O3S. The number of rotatable bonds is 6. The smallest absolute Gasteiger partial charge is 0.251 e. The van der Waals surface area contributed by atoms with Crippen molar-refractivity contribution in [3.63, 3.8) is 0 Å². The van der Waals surface area contributed by atoms with Gasteiger partial charge in [-0.25, -0.2) is 14.4 Å². The number of amides is 1. The van der Waals surface area contributed by atoms with Crippen molar-refractivity contribution >= 4 is 27.6 Å². The average Bonchev–Trinajstić information content (AvgIpc) is 3.18. The lowest BCUT2D eigenvalue weighted by molar-refractivity contribution is -0.0298. The van der Waals surface area contributed by atoms with E-state index in [2.05, 4.69) is 15.3 Å². The van der Waals surface area contributed by atoms with Gasteiger partial charge in [-0.1, -0.05) is 24.3 Å². The monoisotopic (exact) mass is 464 g/mol. The van der Waals surface area contributed by atoms with E-state index in [0.29, 0.717) is 58.7 Å². The number of nitrogens with zero attached hydrogens (tertiary/aromatic N) is 3. The minimum Gasteiger partial charge on any atom is -0.381 e. The second-order valence-electron chi connectivity index (χ2n) is 7.91. The Kier molecular flexibility index (Phi) is 5.74. The number of benzene rings is 2. The molecule has 4 aromatic rings. The van der Waals surface area contributed by atoms with Gasteiger partial charge in [0.05, 0.1) is 34.4 Å². The third kappa shape index (κ3) is 4.17. The van der Waals surface area contributed by atoms with Crippen LogP contribution in [0, 0.1) is 11.7 Å². The molecule has 1 aliphatic rings. The molecule has 2 aromatic heterocycles. The standard InChI is InChI=1S/C24H21FN4O3S/c1-33(31)22-12-29(24-27-10-17(11-28-24)18-4-2-3-5-20(18)25)21-8-16(6-7-19(21)22)23(30)26-9-15-13-32-14-15/h2-8,10-12,15H,9,13-14H2,1H3,(H,26,30). The van der Waals surface area contributed by atoms with E-state index in [1.165, 1.54) is 6.07 Å². The number of fused-ring (bicyclic) bond motifs is 1. The Morgan fingerprint density at radius 2 is 1.97 bits per heavy atom. The predicted octanol–water partition coefficient (Wildman–Crippen LogP) is 3.34. The first kappa shape index (κ1) is 21.4. The molecule has 1 unspecified atom stereocenters. The van der Waals surface area contributed by atoms with E-state index in [0.717, 1.165) is 5.39 Å². The Morgan fingerprint density at radius 3 is 2.64 bits per heavy atom. The molecule has 5 rings (SSSR count). The van der Waals surface area contributed by atoms with Gasteiger partial charge in [0.25, 0.3) is 5.91 Å². The molecule has 168 valence electrons. The summed E-state index contributed by atoms with van der Waals surface area (Å²) in [6.45, 7) is 1.88. The summed E-state index contributed by atoms with van der Waals surface area (Å²) in [6.07, 6.45) is 6.41. The summed E-state index contributed by atoms with van der Waals surface area (Å²) in [5.41, 5.74) is 2.11. The third-order valence-corrected chi connectivity index (χ3v) is 6.58. The molecule has 0 aliphatic carbocycles. The lowest BCUT2D eigenvalue weighted by atomic mass is 10.1. The molecule has 3 heterocycles. The second-order valence-corrected chi connectivity index (χ2v) is 9.26. The van der Waals surface area contributed by atoms with Crippen molar-refractivity contribution in [1.82, 2.24) is 19.9 Å². The van der Waals surface area contributed by atoms with Gasteiger partial charge in [-0.2, -0.15) is 0 Å². The molecule has 1 saturated heterocycles. The van der Waals surface area contributed by atoms with E-state index < -0.39 is 10.8 Å². The number of hydrogen-bond acceptors (Lipinski definition) is 5. The molecule has 33 heavy (non-hydrogen) atoms. The summed E-state index contributed by atoms with van der Waals surface area (Å²) < 4.78 is 33.3. The number of ether oxygens (including phenoxy) is 1. The second kappa shape index (κ2) is 8.84. The van der Waals surface area contributed by atoms with Crippen LogP contribution in [0.4, 0.5) is 4.39 Å². The van der Waals surface area contributed by atoms with E-state index >= 15 is 0 Å². The number of carbonyl (C=O) groups is 1. The largest absolute Gasteiger partial charge is 0.381 e. The van der Waals surface area contributed by atoms with Crippen LogP contribution < -0.4 is 5.32 Å². The van der Waals surface area contributed by atoms with E-state index in [9.17, 15) is 13.4 Å². The zero-order chi connectivity index (χ0) is 22.9. The van der Waals surface area contributed by atoms with Crippen molar-refractivity contribution in [2.24, 2.45) is 5.92 Å². The van der Waals surface area contributed by atoms with Crippen molar-refractivity contribution in [2.45, 2.75) is 4.90 Å². The van der Waals surface area contributed by atoms with Gasteiger partial charge in [0, 0.05) is 59.4 Å². The van der Waals surface area contributed by atoms with Crippen LogP contribution in [0.25, 0.3) is 28.0 Å². The molecule has 2 aromatic carbocycles. The normalized spacial score (nSPS) is 14.7. The molecular weight excluding hydrogens is 443 g/mol. The van der Waals surface area contributed by atoms with Gasteiger partial charge in [-0.3, -0.25) is 13.6 Å². The van der Waals surface area contributed by atoms with Gasteiger partial charge in [-0.05, 0) is 18.2 Å². The van der Waals surface area contributed by atoms with Gasteiger partial charge in [0.1, 0.15) is 5.82 Å². The van der Waals surface area contributed by atoms with Crippen LogP contribution in [-0.2, 0) is 15.5 Å². The highest BCUT2D eigenvalue weighted by Gasteiger charge is 2.20. The van der Waals surface area contributed by atoms with Crippen LogP contribution in [0.15, 0.2) is 66.0 Å². The number of aromatic nitrogens is 3. The molecule has 1 aliphatic heterocycles. The minimum absolute atomic E-state index is 0.188. The Labute approximate surface area is 192 Å². The maximum atomic E-state index is 14.1. The maximum absolute atomic E-state index is 14.1. The molecule has 0 spiro atoms. The third-order valence-electron chi connectivity index (χ3n) is 5.64. The summed E-state index contributed by atoms with van der Waals surface area (Å²) in [6, 6.07) is 11.7. The zero-order valence-corrected chi connectivity index (χ0v) is 18.6. The summed E-state index contributed by atoms with van der Waals surface area (Å²) >= 11 is 0. The number of halogens is 1. The molecule has 0 radical (unpaired) electrons. The number of carbonyl (C=O) groups excluding carboxylic acids is 1. The van der Waals surface area contributed by atoms with Crippen molar-refractivity contribution in [1.29, 1.82) is 0 Å². The van der Waals surface area contributed by atoms with E-state index in [4.69, 9.17) is 4.74 Å². The van der Waals surface area contributed by atoms with Crippen molar-refractivity contribution in [3.8, 4) is 17.1 Å². The molecule has 9 heteroatoms. The first-order chi connectivity index (χ1) is 16.0. The SMILES string of the molecule is CS(=O)c1cn(-c2ncc(-c3ccccc3F)cn2)c2cc(C(=O)NCC3COC3)ccc12. The quantitative estimate of drug-likeness (QED) is 0.473. The van der Waals surface area contributed by atoms with Gasteiger partial charge >= 0.3 is 0 Å². The fourth-order valence-electron chi connectivity index (χ4n) is 3.75. The van der Waals surface area contributed by atoms with Crippen molar-refractivity contribution in [3.05, 3.63) is 72.4 Å². The first-order valence-corrected chi connectivity index (χ1v) is 12.0. The predicted molar refractivity (Wildman–Crippen MR) is 123 cm³/mol. The highest BCUT2D eigenvalue weighted by Crippen LogP contribution is 2.28. The minimum atomic E-state index is -1.25. The molecule has 0 bridgehead atoms. The Hall–Kier alpha value is -3.43. The van der Waals surface area contributed by atoms with Crippen LogP contribution in [0.2, 0.25) is 0 Å². The van der Waals surface area contributed by atoms with Gasteiger partial charge in [0.15, 0.2) is 0 Å². The average molecular weight is 465 g/mol. The van der Waals surface area contributed by atoms with Crippen LogP contribution >= 0.6 is 0 Å². The fraction of sp³-hybridized carbons (Fsp3) is 0.208. The van der Waals surface area contributed by atoms with Gasteiger partial charge in [-0.15, -0.1) is 0 Å². The number of hydrogen-bond donors (Lipinski definition) is 1. The summed E-state index contributed by atoms with van der Waals surface area (Å²) in [5, 5.41) is 3.68. The Morgan fingerprint density at radius 1 is 1.21 bits per heavy atom. The molecule has 0 saturated carbocycles. The summed E-state index contributed by atoms with van der Waals surface area (Å²) in [5.74, 6) is 0.137. The zero-order valence-electron chi connectivity index (χ0n) is 17.8. The first-order valence-electron chi connectivity index (χ1n) is 10.4. The molecule has 1 N–H and O–H groups in total. The van der Waals surface area contributed by atoms with Crippen molar-refractivity contribution in [2.75, 3.05) is 26.0 Å². The topological polar surface area (TPSA) is 86.1 Å². The van der Waals surface area contributed by atoms with Crippen LogP contribution in [0.1, 0.15) is 10.4 Å². The summed E-state index contributed by atoms with van der Waals surface area (Å²) in [4.78, 5) is 22.1. The van der Waals surface area contributed by atoms with E-state index in [1.807, 2.05) is 0 Å². The van der Waals surface area contributed by atoms with Crippen LogP contribution in [0.5, 0.6) is 0 Å². The lowest BCUT2D eigenvalue weighted by Gasteiger charge is -2.25. The molecule has 1 fully saturated rings. The van der Waals surface area contributed by atoms with Crippen LogP contribution in [0.3, 0.4) is 0 Å².